The molecule has 4 aromatic rings. The van der Waals surface area contributed by atoms with Gasteiger partial charge in [-0.25, -0.2) is 13.4 Å². The number of fused-ring (bicyclic) bond motifs is 1. The van der Waals surface area contributed by atoms with Gasteiger partial charge in [0.05, 0.1) is 21.2 Å². The van der Waals surface area contributed by atoms with Crippen LogP contribution in [0.4, 0.5) is 30.6 Å². The Morgan fingerprint density at radius 1 is 0.947 bits per heavy atom. The van der Waals surface area contributed by atoms with Crippen molar-refractivity contribution in [3.8, 4) is 0 Å². The lowest BCUT2D eigenvalue weighted by atomic mass is 9.95. The van der Waals surface area contributed by atoms with Gasteiger partial charge in [-0.3, -0.25) is 4.79 Å². The Hall–Kier alpha value is -3.93. The summed E-state index contributed by atoms with van der Waals surface area (Å²) < 4.78 is 66.6. The normalized spacial score (nSPS) is 18.3. The molecule has 2 unspecified atom stereocenters. The third-order valence-electron chi connectivity index (χ3n) is 6.56. The molecule has 38 heavy (non-hydrogen) atoms. The topological polar surface area (TPSA) is 117 Å². The Morgan fingerprint density at radius 2 is 1.71 bits per heavy atom. The van der Waals surface area contributed by atoms with Crippen molar-refractivity contribution in [2.24, 2.45) is 0 Å². The second kappa shape index (κ2) is 10.1. The number of rotatable bonds is 6. The average Bonchev–Trinajstić information content (AvgIpc) is 2.89. The summed E-state index contributed by atoms with van der Waals surface area (Å²) in [4.78, 5) is 24.2. The molecule has 1 aliphatic carbocycles. The standard InChI is InChI=1S/C26H24F3N5O3S/c27-26(28,29)16-7-6-8-17(15-16)31-23-22-20(13-14-30-24(22)35)33-25(34-23)32-19-11-4-5-12-21(19)38(36,37)18-9-2-1-3-10-18/h1-3,6-10,13-15,19,21H,4-5,11-12H2,(H,30,35)(H2,31,32,33,34). The van der Waals surface area contributed by atoms with Gasteiger partial charge in [-0.15, -0.1) is 0 Å². The van der Waals surface area contributed by atoms with Crippen LogP contribution in [0.15, 0.2) is 76.6 Å². The molecule has 1 saturated carbocycles. The van der Waals surface area contributed by atoms with Gasteiger partial charge in [-0.05, 0) is 49.2 Å². The number of alkyl halides is 3. The van der Waals surface area contributed by atoms with E-state index in [0.29, 0.717) is 12.8 Å². The van der Waals surface area contributed by atoms with Crippen molar-refractivity contribution in [3.05, 3.63) is 82.8 Å². The number of hydrogen-bond acceptors (Lipinski definition) is 7. The summed E-state index contributed by atoms with van der Waals surface area (Å²) in [6, 6.07) is 13.8. The lowest BCUT2D eigenvalue weighted by Gasteiger charge is -2.32. The number of halogens is 3. The van der Waals surface area contributed by atoms with Gasteiger partial charge in [0.15, 0.2) is 9.84 Å². The highest BCUT2D eigenvalue weighted by Gasteiger charge is 2.37. The number of anilines is 3. The Bertz CT molecular complexity index is 1630. The predicted octanol–water partition coefficient (Wildman–Crippen LogP) is 5.28. The SMILES string of the molecule is O=c1[nH]ccc2nc(NC3CCCCC3S(=O)(=O)c3ccccc3)nc(Nc3cccc(C(F)(F)F)c3)c12. The molecular formula is C26H24F3N5O3S. The van der Waals surface area contributed by atoms with Crippen LogP contribution in [0.25, 0.3) is 10.9 Å². The van der Waals surface area contributed by atoms with E-state index in [2.05, 4.69) is 25.6 Å². The van der Waals surface area contributed by atoms with Crippen LogP contribution < -0.4 is 16.2 Å². The molecule has 0 saturated heterocycles. The lowest BCUT2D eigenvalue weighted by molar-refractivity contribution is -0.137. The Balaban J connectivity index is 1.52. The maximum absolute atomic E-state index is 13.4. The van der Waals surface area contributed by atoms with Gasteiger partial charge in [0, 0.05) is 17.9 Å². The van der Waals surface area contributed by atoms with E-state index in [9.17, 15) is 26.4 Å². The number of nitrogens with one attached hydrogen (secondary N) is 3. The van der Waals surface area contributed by atoms with Crippen molar-refractivity contribution in [2.45, 2.75) is 48.0 Å². The smallest absolute Gasteiger partial charge is 0.350 e. The van der Waals surface area contributed by atoms with E-state index in [1.807, 2.05) is 0 Å². The van der Waals surface area contributed by atoms with Gasteiger partial charge >= 0.3 is 6.18 Å². The predicted molar refractivity (Wildman–Crippen MR) is 138 cm³/mol. The number of aromatic amines is 1. The summed E-state index contributed by atoms with van der Waals surface area (Å²) >= 11 is 0. The fourth-order valence-electron chi connectivity index (χ4n) is 4.74. The molecule has 5 rings (SSSR count). The molecule has 0 amide bonds. The molecule has 2 aromatic heterocycles. The number of benzene rings is 2. The fraction of sp³-hybridized carbons (Fsp3) is 0.269. The first-order chi connectivity index (χ1) is 18.1. The summed E-state index contributed by atoms with van der Waals surface area (Å²) in [5.74, 6) is 0.0645. The van der Waals surface area contributed by atoms with Crippen molar-refractivity contribution in [3.63, 3.8) is 0 Å². The number of nitrogens with zero attached hydrogens (tertiary/aromatic N) is 2. The molecule has 2 aromatic carbocycles. The molecule has 198 valence electrons. The zero-order chi connectivity index (χ0) is 26.9. The van der Waals surface area contributed by atoms with E-state index in [1.54, 1.807) is 36.4 Å². The first kappa shape index (κ1) is 25.7. The first-order valence-electron chi connectivity index (χ1n) is 12.0. The second-order valence-electron chi connectivity index (χ2n) is 9.10. The third-order valence-corrected chi connectivity index (χ3v) is 8.85. The van der Waals surface area contributed by atoms with Crippen molar-refractivity contribution >= 4 is 38.2 Å². The van der Waals surface area contributed by atoms with Crippen LogP contribution >= 0.6 is 0 Å². The van der Waals surface area contributed by atoms with Crippen LogP contribution in [-0.4, -0.2) is 34.7 Å². The minimum absolute atomic E-state index is 0.00282. The zero-order valence-corrected chi connectivity index (χ0v) is 20.8. The van der Waals surface area contributed by atoms with E-state index in [-0.39, 0.29) is 33.3 Å². The fourth-order valence-corrected chi connectivity index (χ4v) is 6.74. The van der Waals surface area contributed by atoms with Crippen LogP contribution in [0, 0.1) is 0 Å². The van der Waals surface area contributed by atoms with E-state index in [0.717, 1.165) is 25.0 Å². The summed E-state index contributed by atoms with van der Waals surface area (Å²) in [5, 5.41) is 5.30. The molecule has 1 fully saturated rings. The van der Waals surface area contributed by atoms with Gasteiger partial charge in [-0.1, -0.05) is 37.1 Å². The highest BCUT2D eigenvalue weighted by Crippen LogP contribution is 2.33. The molecule has 1 aliphatic rings. The van der Waals surface area contributed by atoms with Gasteiger partial charge in [0.1, 0.15) is 11.2 Å². The number of hydrogen-bond donors (Lipinski definition) is 3. The molecule has 2 atom stereocenters. The Morgan fingerprint density at radius 3 is 2.47 bits per heavy atom. The average molecular weight is 544 g/mol. The summed E-state index contributed by atoms with van der Waals surface area (Å²) in [7, 11) is -3.65. The highest BCUT2D eigenvalue weighted by molar-refractivity contribution is 7.92. The molecule has 0 spiro atoms. The molecule has 0 aliphatic heterocycles. The first-order valence-corrected chi connectivity index (χ1v) is 13.6. The Labute approximate surface area is 216 Å². The second-order valence-corrected chi connectivity index (χ2v) is 11.3. The summed E-state index contributed by atoms with van der Waals surface area (Å²) in [6.07, 6.45) is -0.567. The zero-order valence-electron chi connectivity index (χ0n) is 20.0. The van der Waals surface area contributed by atoms with Crippen LogP contribution in [0.3, 0.4) is 0 Å². The highest BCUT2D eigenvalue weighted by atomic mass is 32.2. The number of aromatic nitrogens is 3. The van der Waals surface area contributed by atoms with Gasteiger partial charge in [-0.2, -0.15) is 18.2 Å². The van der Waals surface area contributed by atoms with E-state index in [4.69, 9.17) is 0 Å². The van der Waals surface area contributed by atoms with Crippen molar-refractivity contribution in [1.82, 2.24) is 15.0 Å². The van der Waals surface area contributed by atoms with E-state index in [1.165, 1.54) is 18.3 Å². The number of pyridine rings is 1. The molecular weight excluding hydrogens is 519 g/mol. The number of sulfone groups is 1. The van der Waals surface area contributed by atoms with Gasteiger partial charge in [0.25, 0.3) is 5.56 Å². The van der Waals surface area contributed by atoms with Crippen molar-refractivity contribution < 1.29 is 21.6 Å². The van der Waals surface area contributed by atoms with Crippen LogP contribution in [0.1, 0.15) is 31.2 Å². The molecule has 0 bridgehead atoms. The largest absolute Gasteiger partial charge is 0.416 e. The van der Waals surface area contributed by atoms with Gasteiger partial charge in [0.2, 0.25) is 5.95 Å². The summed E-state index contributed by atoms with van der Waals surface area (Å²) in [6.45, 7) is 0. The third kappa shape index (κ3) is 5.21. The maximum Gasteiger partial charge on any atom is 0.416 e. The number of H-pyrrole nitrogens is 1. The monoisotopic (exact) mass is 543 g/mol. The molecule has 0 radical (unpaired) electrons. The molecule has 12 heteroatoms. The van der Waals surface area contributed by atoms with E-state index >= 15 is 0 Å². The van der Waals surface area contributed by atoms with Crippen molar-refractivity contribution in [1.29, 1.82) is 0 Å². The lowest BCUT2D eigenvalue weighted by Crippen LogP contribution is -2.42. The van der Waals surface area contributed by atoms with Gasteiger partial charge < -0.3 is 15.6 Å². The maximum atomic E-state index is 13.4. The quantitative estimate of drug-likeness (QED) is 0.303. The van der Waals surface area contributed by atoms with E-state index < -0.39 is 38.4 Å². The summed E-state index contributed by atoms with van der Waals surface area (Å²) in [5.41, 5.74) is -1.05. The van der Waals surface area contributed by atoms with Crippen LogP contribution in [0.5, 0.6) is 0 Å². The molecule has 3 N–H and O–H groups in total. The molecule has 2 heterocycles. The minimum atomic E-state index is -4.55. The van der Waals surface area contributed by atoms with Crippen molar-refractivity contribution in [2.75, 3.05) is 10.6 Å². The van der Waals surface area contributed by atoms with Crippen LogP contribution in [0.2, 0.25) is 0 Å². The van der Waals surface area contributed by atoms with Crippen LogP contribution in [-0.2, 0) is 16.0 Å². The Kier molecular flexibility index (Phi) is 6.82. The minimum Gasteiger partial charge on any atom is -0.350 e. The molecule has 8 nitrogen and oxygen atoms in total.